The number of primary sulfonamides is 1. The van der Waals surface area contributed by atoms with E-state index in [9.17, 15) is 21.6 Å². The molecular formula is C15H21N3O5S2. The Morgan fingerprint density at radius 1 is 1.12 bits per heavy atom. The minimum Gasteiger partial charge on any atom is -0.355 e. The first-order chi connectivity index (χ1) is 11.7. The fourth-order valence-electron chi connectivity index (χ4n) is 2.71. The molecule has 3 rings (SSSR count). The largest absolute Gasteiger partial charge is 0.355 e. The number of nitrogens with one attached hydrogen (secondary N) is 1. The SMILES string of the molecule is NS(=O)(=O)c1ccc(CCNC(=O)C2CN(S(=O)(=O)C3CC3)C2)cc1. The highest BCUT2D eigenvalue weighted by Crippen LogP contribution is 2.34. The fourth-order valence-corrected chi connectivity index (χ4v) is 5.15. The topological polar surface area (TPSA) is 127 Å². The van der Waals surface area contributed by atoms with Gasteiger partial charge in [0.25, 0.3) is 0 Å². The van der Waals surface area contributed by atoms with Crippen LogP contribution >= 0.6 is 0 Å². The van der Waals surface area contributed by atoms with Crippen LogP contribution in [0.5, 0.6) is 0 Å². The predicted molar refractivity (Wildman–Crippen MR) is 91.5 cm³/mol. The summed E-state index contributed by atoms with van der Waals surface area (Å²) in [6.07, 6.45) is 1.99. The maximum atomic E-state index is 12.0. The molecule has 1 aromatic rings. The molecule has 1 amide bonds. The van der Waals surface area contributed by atoms with Crippen LogP contribution in [-0.2, 0) is 31.3 Å². The molecule has 25 heavy (non-hydrogen) atoms. The van der Waals surface area contributed by atoms with Crippen molar-refractivity contribution in [2.45, 2.75) is 29.4 Å². The average Bonchev–Trinajstić information content (AvgIpc) is 3.30. The van der Waals surface area contributed by atoms with E-state index in [1.165, 1.54) is 16.4 Å². The first-order valence-corrected chi connectivity index (χ1v) is 11.1. The number of carbonyl (C=O) groups is 1. The van der Waals surface area contributed by atoms with Crippen molar-refractivity contribution in [3.8, 4) is 0 Å². The maximum absolute atomic E-state index is 12.0. The second-order valence-electron chi connectivity index (χ2n) is 6.49. The van der Waals surface area contributed by atoms with E-state index in [0.717, 1.165) is 18.4 Å². The number of nitrogens with zero attached hydrogens (tertiary/aromatic N) is 1. The second kappa shape index (κ2) is 6.67. The summed E-state index contributed by atoms with van der Waals surface area (Å²) < 4.78 is 47.7. The van der Waals surface area contributed by atoms with Gasteiger partial charge in [0, 0.05) is 19.6 Å². The van der Waals surface area contributed by atoms with Crippen LogP contribution in [0.3, 0.4) is 0 Å². The number of hydrogen-bond acceptors (Lipinski definition) is 5. The number of benzene rings is 1. The lowest BCUT2D eigenvalue weighted by atomic mass is 10.0. The van der Waals surface area contributed by atoms with E-state index in [2.05, 4.69) is 5.32 Å². The van der Waals surface area contributed by atoms with Gasteiger partial charge in [-0.05, 0) is 37.0 Å². The first kappa shape index (κ1) is 18.3. The van der Waals surface area contributed by atoms with Crippen LogP contribution in [-0.4, -0.2) is 51.9 Å². The molecule has 1 aromatic carbocycles. The molecule has 0 atom stereocenters. The lowest BCUT2D eigenvalue weighted by molar-refractivity contribution is -0.128. The van der Waals surface area contributed by atoms with Gasteiger partial charge in [-0.15, -0.1) is 0 Å². The van der Waals surface area contributed by atoms with E-state index in [4.69, 9.17) is 5.14 Å². The second-order valence-corrected chi connectivity index (χ2v) is 10.3. The highest BCUT2D eigenvalue weighted by Gasteiger charge is 2.46. The molecule has 0 radical (unpaired) electrons. The molecular weight excluding hydrogens is 366 g/mol. The molecule has 3 N–H and O–H groups in total. The van der Waals surface area contributed by atoms with Crippen LogP contribution in [0.2, 0.25) is 0 Å². The molecule has 2 fully saturated rings. The zero-order valence-corrected chi connectivity index (χ0v) is 15.2. The zero-order chi connectivity index (χ0) is 18.2. The van der Waals surface area contributed by atoms with Gasteiger partial charge in [0.15, 0.2) is 0 Å². The summed E-state index contributed by atoms with van der Waals surface area (Å²) in [6.45, 7) is 0.918. The number of hydrogen-bond donors (Lipinski definition) is 2. The van der Waals surface area contributed by atoms with Crippen LogP contribution in [0.4, 0.5) is 0 Å². The summed E-state index contributed by atoms with van der Waals surface area (Å²) in [4.78, 5) is 12.1. The Morgan fingerprint density at radius 2 is 1.72 bits per heavy atom. The smallest absolute Gasteiger partial charge is 0.238 e. The molecule has 2 aliphatic rings. The van der Waals surface area contributed by atoms with Gasteiger partial charge in [-0.25, -0.2) is 22.0 Å². The monoisotopic (exact) mass is 387 g/mol. The molecule has 0 aromatic heterocycles. The van der Waals surface area contributed by atoms with Gasteiger partial charge in [0.1, 0.15) is 0 Å². The van der Waals surface area contributed by atoms with Crippen molar-refractivity contribution >= 4 is 26.0 Å². The van der Waals surface area contributed by atoms with E-state index in [1.807, 2.05) is 0 Å². The van der Waals surface area contributed by atoms with Crippen LogP contribution in [0.15, 0.2) is 29.2 Å². The van der Waals surface area contributed by atoms with E-state index >= 15 is 0 Å². The summed E-state index contributed by atoms with van der Waals surface area (Å²) >= 11 is 0. The highest BCUT2D eigenvalue weighted by molar-refractivity contribution is 7.90. The van der Waals surface area contributed by atoms with Gasteiger partial charge >= 0.3 is 0 Å². The van der Waals surface area contributed by atoms with E-state index in [-0.39, 0.29) is 35.1 Å². The van der Waals surface area contributed by atoms with Crippen molar-refractivity contribution in [3.05, 3.63) is 29.8 Å². The summed E-state index contributed by atoms with van der Waals surface area (Å²) in [5, 5.41) is 7.59. The summed E-state index contributed by atoms with van der Waals surface area (Å²) in [6, 6.07) is 6.16. The van der Waals surface area contributed by atoms with E-state index in [0.29, 0.717) is 13.0 Å². The molecule has 1 saturated heterocycles. The molecule has 10 heteroatoms. The third kappa shape index (κ3) is 4.20. The van der Waals surface area contributed by atoms with Crippen molar-refractivity contribution in [2.24, 2.45) is 11.1 Å². The van der Waals surface area contributed by atoms with Gasteiger partial charge < -0.3 is 5.32 Å². The lowest BCUT2D eigenvalue weighted by Gasteiger charge is -2.37. The lowest BCUT2D eigenvalue weighted by Crippen LogP contribution is -2.56. The predicted octanol–water partition coefficient (Wildman–Crippen LogP) is -0.583. The normalized spacial score (nSPS) is 19.4. The Bertz CT molecular complexity index is 855. The first-order valence-electron chi connectivity index (χ1n) is 8.06. The molecule has 8 nitrogen and oxygen atoms in total. The molecule has 138 valence electrons. The minimum atomic E-state index is -3.70. The molecule has 1 aliphatic carbocycles. The standard InChI is InChI=1S/C15H21N3O5S2/c16-24(20,21)13-3-1-11(2-4-13)7-8-17-15(19)12-9-18(10-12)25(22,23)14-5-6-14/h1-4,12,14H,5-10H2,(H,17,19)(H2,16,20,21). The van der Waals surface area contributed by atoms with Crippen molar-refractivity contribution in [1.82, 2.24) is 9.62 Å². The third-order valence-corrected chi connectivity index (χ3v) is 7.75. The summed E-state index contributed by atoms with van der Waals surface area (Å²) in [5.74, 6) is -0.443. The van der Waals surface area contributed by atoms with Gasteiger partial charge in [-0.3, -0.25) is 4.79 Å². The molecule has 0 bridgehead atoms. The Kier molecular flexibility index (Phi) is 4.89. The van der Waals surface area contributed by atoms with Gasteiger partial charge in [0.05, 0.1) is 16.1 Å². The zero-order valence-electron chi connectivity index (χ0n) is 13.6. The fraction of sp³-hybridized carbons (Fsp3) is 0.533. The number of carbonyl (C=O) groups excluding carboxylic acids is 1. The Balaban J connectivity index is 1.42. The van der Waals surface area contributed by atoms with E-state index in [1.54, 1.807) is 12.1 Å². The van der Waals surface area contributed by atoms with Crippen LogP contribution in [0.1, 0.15) is 18.4 Å². The minimum absolute atomic E-state index is 0.0479. The van der Waals surface area contributed by atoms with E-state index < -0.39 is 20.0 Å². The van der Waals surface area contributed by atoms with Gasteiger partial charge in [-0.1, -0.05) is 12.1 Å². The van der Waals surface area contributed by atoms with Gasteiger partial charge in [-0.2, -0.15) is 4.31 Å². The van der Waals surface area contributed by atoms with Crippen molar-refractivity contribution < 1.29 is 21.6 Å². The number of amides is 1. The number of nitrogens with two attached hydrogens (primary N) is 1. The van der Waals surface area contributed by atoms with Gasteiger partial charge in [0.2, 0.25) is 26.0 Å². The van der Waals surface area contributed by atoms with Crippen LogP contribution < -0.4 is 10.5 Å². The molecule has 1 heterocycles. The molecule has 1 saturated carbocycles. The summed E-state index contributed by atoms with van der Waals surface area (Å²) in [7, 11) is -6.88. The molecule has 0 spiro atoms. The Hall–Kier alpha value is -1.49. The maximum Gasteiger partial charge on any atom is 0.238 e. The van der Waals surface area contributed by atoms with Crippen molar-refractivity contribution in [3.63, 3.8) is 0 Å². The Labute approximate surface area is 147 Å². The quantitative estimate of drug-likeness (QED) is 0.647. The average molecular weight is 387 g/mol. The van der Waals surface area contributed by atoms with Crippen molar-refractivity contribution in [2.75, 3.05) is 19.6 Å². The molecule has 1 aliphatic heterocycles. The van der Waals surface area contributed by atoms with Crippen LogP contribution in [0, 0.1) is 5.92 Å². The number of rotatable bonds is 7. The van der Waals surface area contributed by atoms with Crippen LogP contribution in [0.25, 0.3) is 0 Å². The highest BCUT2D eigenvalue weighted by atomic mass is 32.2. The third-order valence-electron chi connectivity index (χ3n) is 4.49. The number of sulfonamides is 2. The summed E-state index contributed by atoms with van der Waals surface area (Å²) in [5.41, 5.74) is 0.874. The Morgan fingerprint density at radius 3 is 2.24 bits per heavy atom. The van der Waals surface area contributed by atoms with Crippen molar-refractivity contribution in [1.29, 1.82) is 0 Å². The molecule has 0 unspecified atom stereocenters.